The van der Waals surface area contributed by atoms with Crippen molar-refractivity contribution in [2.24, 2.45) is 0 Å². The summed E-state index contributed by atoms with van der Waals surface area (Å²) >= 11 is 1.21. The van der Waals surface area contributed by atoms with Crippen LogP contribution in [0.1, 0.15) is 6.42 Å². The van der Waals surface area contributed by atoms with Crippen molar-refractivity contribution in [2.45, 2.75) is 19.5 Å². The molecule has 9 heteroatoms. The smallest absolute Gasteiger partial charge is 0.332 e. The summed E-state index contributed by atoms with van der Waals surface area (Å²) in [7, 11) is 1.54. The average Bonchev–Trinajstić information content (AvgIpc) is 3.13. The van der Waals surface area contributed by atoms with Gasteiger partial charge in [0, 0.05) is 20.3 Å². The minimum absolute atomic E-state index is 0.0329. The SMILES string of the molecule is COCCCn1c(=O)c2sccc2n(CC(=O)Nc2ccccc2F)c1=O. The second kappa shape index (κ2) is 8.28. The number of fused-ring (bicyclic) bond motifs is 1. The molecule has 0 aliphatic heterocycles. The van der Waals surface area contributed by atoms with E-state index in [4.69, 9.17) is 4.74 Å². The van der Waals surface area contributed by atoms with Crippen LogP contribution < -0.4 is 16.6 Å². The summed E-state index contributed by atoms with van der Waals surface area (Å²) in [4.78, 5) is 37.7. The minimum atomic E-state index is -0.578. The fourth-order valence-corrected chi connectivity index (χ4v) is 3.59. The van der Waals surface area contributed by atoms with E-state index in [-0.39, 0.29) is 24.3 Å². The highest BCUT2D eigenvalue weighted by molar-refractivity contribution is 7.17. The van der Waals surface area contributed by atoms with Gasteiger partial charge in [-0.05, 0) is 30.0 Å². The molecule has 0 bridgehead atoms. The van der Waals surface area contributed by atoms with Gasteiger partial charge in [-0.1, -0.05) is 12.1 Å². The molecular weight excluding hydrogens is 373 g/mol. The van der Waals surface area contributed by atoms with Crippen LogP contribution in [0, 0.1) is 5.82 Å². The van der Waals surface area contributed by atoms with Gasteiger partial charge in [0.05, 0.1) is 11.2 Å². The molecule has 2 aromatic heterocycles. The molecule has 2 heterocycles. The van der Waals surface area contributed by atoms with Crippen molar-refractivity contribution in [1.29, 1.82) is 0 Å². The third-order valence-corrected chi connectivity index (χ3v) is 4.91. The Morgan fingerprint density at radius 3 is 2.74 bits per heavy atom. The van der Waals surface area contributed by atoms with Crippen LogP contribution in [0.2, 0.25) is 0 Å². The molecule has 1 N–H and O–H groups in total. The van der Waals surface area contributed by atoms with Gasteiger partial charge >= 0.3 is 5.69 Å². The Morgan fingerprint density at radius 1 is 1.22 bits per heavy atom. The van der Waals surface area contributed by atoms with Crippen LogP contribution in [0.3, 0.4) is 0 Å². The number of thiophene rings is 1. The molecule has 0 saturated heterocycles. The lowest BCUT2D eigenvalue weighted by molar-refractivity contribution is -0.116. The largest absolute Gasteiger partial charge is 0.385 e. The predicted octanol–water partition coefficient (Wildman–Crippen LogP) is 2.04. The number of hydrogen-bond donors (Lipinski definition) is 1. The Labute approximate surface area is 157 Å². The maximum atomic E-state index is 13.7. The Bertz CT molecular complexity index is 1090. The van der Waals surface area contributed by atoms with Crippen LogP contribution >= 0.6 is 11.3 Å². The van der Waals surface area contributed by atoms with Crippen LogP contribution in [-0.2, 0) is 22.6 Å². The maximum Gasteiger partial charge on any atom is 0.332 e. The molecule has 0 radical (unpaired) electrons. The zero-order chi connectivity index (χ0) is 19.4. The van der Waals surface area contributed by atoms with Gasteiger partial charge in [-0.3, -0.25) is 18.7 Å². The van der Waals surface area contributed by atoms with E-state index in [0.717, 1.165) is 4.57 Å². The van der Waals surface area contributed by atoms with E-state index in [9.17, 15) is 18.8 Å². The van der Waals surface area contributed by atoms with Crippen molar-refractivity contribution >= 4 is 33.1 Å². The summed E-state index contributed by atoms with van der Waals surface area (Å²) in [6.07, 6.45) is 0.490. The highest BCUT2D eigenvalue weighted by Gasteiger charge is 2.17. The van der Waals surface area contributed by atoms with Crippen LogP contribution in [0.5, 0.6) is 0 Å². The standard InChI is InChI=1S/C18H18FN3O4S/c1-26-9-4-8-21-17(24)16-14(7-10-27-16)22(18(21)25)11-15(23)20-13-6-3-2-5-12(13)19/h2-3,5-7,10H,4,8-9,11H2,1H3,(H,20,23). The number of methoxy groups -OCH3 is 1. The van der Waals surface area contributed by atoms with E-state index in [0.29, 0.717) is 23.2 Å². The Kier molecular flexibility index (Phi) is 5.82. The number of halogens is 1. The number of nitrogens with zero attached hydrogens (tertiary/aromatic N) is 2. The third-order valence-electron chi connectivity index (χ3n) is 4.02. The molecule has 1 aromatic carbocycles. The summed E-state index contributed by atoms with van der Waals surface area (Å²) in [5.74, 6) is -1.12. The van der Waals surface area contributed by atoms with E-state index in [1.54, 1.807) is 17.5 Å². The van der Waals surface area contributed by atoms with Crippen molar-refractivity contribution in [3.8, 4) is 0 Å². The molecule has 0 fully saturated rings. The van der Waals surface area contributed by atoms with Crippen LogP contribution in [0.4, 0.5) is 10.1 Å². The summed E-state index contributed by atoms with van der Waals surface area (Å²) in [5, 5.41) is 4.14. The second-order valence-corrected chi connectivity index (χ2v) is 6.75. The number of benzene rings is 1. The van der Waals surface area contributed by atoms with Gasteiger partial charge in [0.25, 0.3) is 5.56 Å². The molecule has 7 nitrogen and oxygen atoms in total. The van der Waals surface area contributed by atoms with Crippen LogP contribution in [0.15, 0.2) is 45.3 Å². The van der Waals surface area contributed by atoms with Gasteiger partial charge in [-0.25, -0.2) is 9.18 Å². The summed E-state index contributed by atoms with van der Waals surface area (Å²) in [6.45, 7) is 0.265. The first kappa shape index (κ1) is 19.0. The number of hydrogen-bond acceptors (Lipinski definition) is 5. The first-order valence-corrected chi connectivity index (χ1v) is 9.15. The summed E-state index contributed by atoms with van der Waals surface area (Å²) < 4.78 is 21.4. The fraction of sp³-hybridized carbons (Fsp3) is 0.278. The monoisotopic (exact) mass is 391 g/mol. The molecule has 3 rings (SSSR count). The quantitative estimate of drug-likeness (QED) is 0.625. The van der Waals surface area contributed by atoms with E-state index in [1.807, 2.05) is 0 Å². The molecule has 0 saturated carbocycles. The number of nitrogens with one attached hydrogen (secondary N) is 1. The Balaban J connectivity index is 1.94. The van der Waals surface area contributed by atoms with Gasteiger partial charge in [0.2, 0.25) is 5.91 Å². The fourth-order valence-electron chi connectivity index (χ4n) is 2.75. The molecule has 0 spiro atoms. The van der Waals surface area contributed by atoms with Gasteiger partial charge in [0.15, 0.2) is 0 Å². The molecular formula is C18H18FN3O4S. The highest BCUT2D eigenvalue weighted by atomic mass is 32.1. The van der Waals surface area contributed by atoms with Crippen LogP contribution in [-0.4, -0.2) is 28.8 Å². The topological polar surface area (TPSA) is 82.3 Å². The molecule has 0 aliphatic rings. The highest BCUT2D eigenvalue weighted by Crippen LogP contribution is 2.16. The number of carbonyl (C=O) groups is 1. The first-order valence-electron chi connectivity index (χ1n) is 8.27. The minimum Gasteiger partial charge on any atom is -0.385 e. The summed E-state index contributed by atoms with van der Waals surface area (Å²) in [6, 6.07) is 7.40. The zero-order valence-electron chi connectivity index (χ0n) is 14.6. The predicted molar refractivity (Wildman–Crippen MR) is 102 cm³/mol. The van der Waals surface area contributed by atoms with E-state index >= 15 is 0 Å². The molecule has 27 heavy (non-hydrogen) atoms. The molecule has 0 atom stereocenters. The third kappa shape index (κ3) is 3.99. The molecule has 142 valence electrons. The number of aromatic nitrogens is 2. The lowest BCUT2D eigenvalue weighted by atomic mass is 10.3. The van der Waals surface area contributed by atoms with Gasteiger partial charge in [-0.15, -0.1) is 11.3 Å². The van der Waals surface area contributed by atoms with E-state index in [2.05, 4.69) is 5.32 Å². The number of carbonyl (C=O) groups excluding carboxylic acids is 1. The van der Waals surface area contributed by atoms with Crippen molar-refractivity contribution in [3.63, 3.8) is 0 Å². The zero-order valence-corrected chi connectivity index (χ0v) is 15.4. The normalized spacial score (nSPS) is 11.0. The molecule has 1 amide bonds. The molecule has 3 aromatic rings. The maximum absolute atomic E-state index is 13.7. The van der Waals surface area contributed by atoms with Crippen LogP contribution in [0.25, 0.3) is 10.2 Å². The van der Waals surface area contributed by atoms with Crippen molar-refractivity contribution in [2.75, 3.05) is 19.0 Å². The lowest BCUT2D eigenvalue weighted by Crippen LogP contribution is -2.41. The van der Waals surface area contributed by atoms with Gasteiger partial charge in [-0.2, -0.15) is 0 Å². The van der Waals surface area contributed by atoms with E-state index in [1.165, 1.54) is 41.2 Å². The second-order valence-electron chi connectivity index (χ2n) is 5.83. The first-order chi connectivity index (χ1) is 13.0. The van der Waals surface area contributed by atoms with Crippen molar-refractivity contribution in [1.82, 2.24) is 9.13 Å². The number of rotatable bonds is 7. The van der Waals surface area contributed by atoms with Gasteiger partial charge < -0.3 is 10.1 Å². The Hall–Kier alpha value is -2.78. The van der Waals surface area contributed by atoms with Crippen molar-refractivity contribution < 1.29 is 13.9 Å². The van der Waals surface area contributed by atoms with Crippen molar-refractivity contribution in [3.05, 3.63) is 62.4 Å². The van der Waals surface area contributed by atoms with Gasteiger partial charge in [0.1, 0.15) is 17.1 Å². The molecule has 0 aliphatic carbocycles. The lowest BCUT2D eigenvalue weighted by Gasteiger charge is -2.12. The average molecular weight is 391 g/mol. The number of anilines is 1. The Morgan fingerprint density at radius 2 is 2.00 bits per heavy atom. The summed E-state index contributed by atoms with van der Waals surface area (Å²) in [5.41, 5.74) is -0.537. The number of ether oxygens (including phenoxy) is 1. The number of amides is 1. The van der Waals surface area contributed by atoms with E-state index < -0.39 is 17.4 Å². The number of para-hydroxylation sites is 1. The molecule has 0 unspecified atom stereocenters.